The number of benzene rings is 1. The minimum Gasteiger partial charge on any atom is -0.352 e. The third kappa shape index (κ3) is 5.26. The third-order valence-corrected chi connectivity index (χ3v) is 3.40. The van der Waals surface area contributed by atoms with Crippen molar-refractivity contribution in [1.82, 2.24) is 5.32 Å². The number of alkyl halides is 4. The lowest BCUT2D eigenvalue weighted by Crippen LogP contribution is -2.26. The topological polar surface area (TPSA) is 29.1 Å². The highest BCUT2D eigenvalue weighted by Crippen LogP contribution is 2.30. The fourth-order valence-electron chi connectivity index (χ4n) is 1.57. The van der Waals surface area contributed by atoms with Crippen LogP contribution in [0, 0.1) is 5.82 Å². The molecule has 0 fully saturated rings. The van der Waals surface area contributed by atoms with Crippen molar-refractivity contribution in [2.45, 2.75) is 25.4 Å². The van der Waals surface area contributed by atoms with Crippen LogP contribution in [0.4, 0.5) is 17.6 Å². The highest BCUT2D eigenvalue weighted by molar-refractivity contribution is 14.1. The first kappa shape index (κ1) is 17.2. The van der Waals surface area contributed by atoms with Crippen molar-refractivity contribution in [3.63, 3.8) is 0 Å². The maximum Gasteiger partial charge on any atom is 0.416 e. The van der Waals surface area contributed by atoms with Gasteiger partial charge in [-0.2, -0.15) is 13.2 Å². The summed E-state index contributed by atoms with van der Waals surface area (Å²) in [6, 6.07) is 1.82. The van der Waals surface area contributed by atoms with Crippen LogP contribution in [0.3, 0.4) is 0 Å². The lowest BCUT2D eigenvalue weighted by atomic mass is 10.1. The third-order valence-electron chi connectivity index (χ3n) is 2.63. The van der Waals surface area contributed by atoms with Crippen molar-refractivity contribution >= 4 is 28.5 Å². The summed E-state index contributed by atoms with van der Waals surface area (Å²) >= 11 is 2.23. The summed E-state index contributed by atoms with van der Waals surface area (Å²) in [7, 11) is 0. The minimum absolute atomic E-state index is 0.325. The monoisotopic (exact) mass is 403 g/mol. The Labute approximate surface area is 128 Å². The standard InChI is InChI=1S/C13H14F4INO/c14-11-5-4-9(13(15,16)17)8-10(11)12(20)19-7-3-1-2-6-18/h4-5,8H,1-3,6-7H2,(H,19,20). The van der Waals surface area contributed by atoms with Gasteiger partial charge in [0.05, 0.1) is 11.1 Å². The Hall–Kier alpha value is -0.860. The molecule has 0 aromatic heterocycles. The fraction of sp³-hybridized carbons (Fsp3) is 0.462. The zero-order valence-electron chi connectivity index (χ0n) is 10.6. The summed E-state index contributed by atoms with van der Waals surface area (Å²) in [5.41, 5.74) is -1.61. The van der Waals surface area contributed by atoms with E-state index in [1.54, 1.807) is 0 Å². The van der Waals surface area contributed by atoms with Crippen molar-refractivity contribution < 1.29 is 22.4 Å². The first-order valence-electron chi connectivity index (χ1n) is 6.07. The van der Waals surface area contributed by atoms with Gasteiger partial charge < -0.3 is 5.32 Å². The average molecular weight is 403 g/mol. The van der Waals surface area contributed by atoms with Crippen LogP contribution in [0.1, 0.15) is 35.2 Å². The van der Waals surface area contributed by atoms with Gasteiger partial charge in [-0.05, 0) is 35.5 Å². The molecule has 1 amide bonds. The number of amides is 1. The van der Waals surface area contributed by atoms with Gasteiger partial charge >= 0.3 is 6.18 Å². The fourth-order valence-corrected chi connectivity index (χ4v) is 2.11. The van der Waals surface area contributed by atoms with E-state index in [4.69, 9.17) is 0 Å². The first-order chi connectivity index (χ1) is 9.36. The lowest BCUT2D eigenvalue weighted by molar-refractivity contribution is -0.137. The minimum atomic E-state index is -4.59. The molecule has 0 radical (unpaired) electrons. The Balaban J connectivity index is 2.67. The SMILES string of the molecule is O=C(NCCCCCI)c1cc(C(F)(F)F)ccc1F. The molecule has 0 aliphatic carbocycles. The molecule has 0 aliphatic heterocycles. The van der Waals surface area contributed by atoms with Crippen molar-refractivity contribution in [1.29, 1.82) is 0 Å². The zero-order chi connectivity index (χ0) is 15.2. The Bertz CT molecular complexity index is 462. The maximum atomic E-state index is 13.4. The first-order valence-corrected chi connectivity index (χ1v) is 7.59. The van der Waals surface area contributed by atoms with Gasteiger partial charge in [0.2, 0.25) is 0 Å². The molecule has 0 saturated carbocycles. The van der Waals surface area contributed by atoms with E-state index in [0.717, 1.165) is 23.7 Å². The number of rotatable bonds is 6. The highest BCUT2D eigenvalue weighted by atomic mass is 127. The normalized spacial score (nSPS) is 11.4. The van der Waals surface area contributed by atoms with Gasteiger partial charge in [-0.15, -0.1) is 0 Å². The van der Waals surface area contributed by atoms with Crippen LogP contribution in [0.5, 0.6) is 0 Å². The molecule has 2 nitrogen and oxygen atoms in total. The second-order valence-electron chi connectivity index (χ2n) is 4.20. The molecule has 0 spiro atoms. The summed E-state index contributed by atoms with van der Waals surface area (Å²) in [5, 5.41) is 2.43. The van der Waals surface area contributed by atoms with E-state index < -0.39 is 29.0 Å². The zero-order valence-corrected chi connectivity index (χ0v) is 12.7. The van der Waals surface area contributed by atoms with Crippen LogP contribution in [-0.4, -0.2) is 16.9 Å². The molecule has 1 rings (SSSR count). The molecule has 7 heteroatoms. The van der Waals surface area contributed by atoms with Crippen molar-refractivity contribution in [2.24, 2.45) is 0 Å². The van der Waals surface area contributed by atoms with Gasteiger partial charge in [-0.25, -0.2) is 4.39 Å². The molecule has 1 aromatic rings. The summed E-state index contributed by atoms with van der Waals surface area (Å²) in [5.74, 6) is -1.77. The van der Waals surface area contributed by atoms with Crippen molar-refractivity contribution in [3.8, 4) is 0 Å². The lowest BCUT2D eigenvalue weighted by Gasteiger charge is -2.10. The predicted molar refractivity (Wildman–Crippen MR) is 76.5 cm³/mol. The molecule has 1 aromatic carbocycles. The van der Waals surface area contributed by atoms with Crippen molar-refractivity contribution in [3.05, 3.63) is 35.1 Å². The quantitative estimate of drug-likeness (QED) is 0.329. The number of halogens is 5. The largest absolute Gasteiger partial charge is 0.416 e. The van der Waals surface area contributed by atoms with E-state index in [9.17, 15) is 22.4 Å². The van der Waals surface area contributed by atoms with Crippen LogP contribution < -0.4 is 5.32 Å². The van der Waals surface area contributed by atoms with Crippen molar-refractivity contribution in [2.75, 3.05) is 11.0 Å². The molecule has 0 bridgehead atoms. The second kappa shape index (κ2) is 7.80. The van der Waals surface area contributed by atoms with E-state index >= 15 is 0 Å². The van der Waals surface area contributed by atoms with E-state index in [0.29, 0.717) is 24.7 Å². The molecular formula is C13H14F4INO. The second-order valence-corrected chi connectivity index (χ2v) is 5.28. The highest BCUT2D eigenvalue weighted by Gasteiger charge is 2.31. The molecule has 0 heterocycles. The van der Waals surface area contributed by atoms with Crippen LogP contribution in [0.2, 0.25) is 0 Å². The van der Waals surface area contributed by atoms with E-state index in [-0.39, 0.29) is 0 Å². The maximum absolute atomic E-state index is 13.4. The summed E-state index contributed by atoms with van der Waals surface area (Å²) in [4.78, 5) is 11.7. The number of carbonyl (C=O) groups is 1. The van der Waals surface area contributed by atoms with Crippen LogP contribution in [0.15, 0.2) is 18.2 Å². The smallest absolute Gasteiger partial charge is 0.352 e. The van der Waals surface area contributed by atoms with Crippen LogP contribution >= 0.6 is 22.6 Å². The number of nitrogens with one attached hydrogen (secondary N) is 1. The number of hydrogen-bond acceptors (Lipinski definition) is 1. The van der Waals surface area contributed by atoms with E-state index in [1.165, 1.54) is 0 Å². The Morgan fingerprint density at radius 3 is 2.50 bits per heavy atom. The number of hydrogen-bond donors (Lipinski definition) is 1. The summed E-state index contributed by atoms with van der Waals surface area (Å²) in [6.07, 6.45) is -1.96. The Morgan fingerprint density at radius 1 is 1.20 bits per heavy atom. The van der Waals surface area contributed by atoms with Gasteiger partial charge in [0.1, 0.15) is 5.82 Å². The number of carbonyl (C=O) groups excluding carboxylic acids is 1. The summed E-state index contributed by atoms with van der Waals surface area (Å²) in [6.45, 7) is 0.325. The molecular weight excluding hydrogens is 389 g/mol. The summed E-state index contributed by atoms with van der Waals surface area (Å²) < 4.78 is 51.9. The molecule has 0 unspecified atom stereocenters. The molecule has 0 aliphatic rings. The van der Waals surface area contributed by atoms with Gasteiger partial charge in [0, 0.05) is 6.54 Å². The molecule has 112 valence electrons. The Kier molecular flexibility index (Phi) is 6.70. The van der Waals surface area contributed by atoms with Crippen LogP contribution in [0.25, 0.3) is 0 Å². The van der Waals surface area contributed by atoms with Gasteiger partial charge in [0.15, 0.2) is 0 Å². The van der Waals surface area contributed by atoms with Gasteiger partial charge in [0.25, 0.3) is 5.91 Å². The molecule has 1 N–H and O–H groups in total. The molecule has 0 atom stereocenters. The van der Waals surface area contributed by atoms with E-state index in [2.05, 4.69) is 27.9 Å². The van der Waals surface area contributed by atoms with E-state index in [1.807, 2.05) is 0 Å². The molecule has 20 heavy (non-hydrogen) atoms. The predicted octanol–water partition coefficient (Wildman–Crippen LogP) is 4.18. The molecule has 0 saturated heterocycles. The van der Waals surface area contributed by atoms with Gasteiger partial charge in [-0.3, -0.25) is 4.79 Å². The van der Waals surface area contributed by atoms with Crippen LogP contribution in [-0.2, 0) is 6.18 Å². The van der Waals surface area contributed by atoms with Gasteiger partial charge in [-0.1, -0.05) is 29.0 Å². The number of unbranched alkanes of at least 4 members (excludes halogenated alkanes) is 2. The average Bonchev–Trinajstić information content (AvgIpc) is 2.37. The Morgan fingerprint density at radius 2 is 1.90 bits per heavy atom.